The summed E-state index contributed by atoms with van der Waals surface area (Å²) >= 11 is 0. The van der Waals surface area contributed by atoms with Gasteiger partial charge in [0.2, 0.25) is 0 Å². The van der Waals surface area contributed by atoms with E-state index in [-0.39, 0.29) is 11.9 Å². The third-order valence-corrected chi connectivity index (χ3v) is 2.49. The van der Waals surface area contributed by atoms with Gasteiger partial charge in [0.05, 0.1) is 0 Å². The molecule has 0 aliphatic heterocycles. The Bertz CT molecular complexity index is 333. The van der Waals surface area contributed by atoms with E-state index < -0.39 is 0 Å². The minimum absolute atomic E-state index is 0.0362. The summed E-state index contributed by atoms with van der Waals surface area (Å²) in [6.45, 7) is 6.12. The molecule has 0 aromatic heterocycles. The number of carbonyl (C=O) groups is 1. The highest BCUT2D eigenvalue weighted by Gasteiger charge is 2.10. The van der Waals surface area contributed by atoms with Gasteiger partial charge in [-0.3, -0.25) is 4.79 Å². The fourth-order valence-corrected chi connectivity index (χ4v) is 1.63. The molecule has 0 spiro atoms. The maximum absolute atomic E-state index is 11.8. The summed E-state index contributed by atoms with van der Waals surface area (Å²) in [5.74, 6) is 0.0362. The Morgan fingerprint density at radius 2 is 2.07 bits per heavy atom. The molecule has 0 saturated carbocycles. The predicted molar refractivity (Wildman–Crippen MR) is 63.0 cm³/mol. The molecule has 2 nitrogen and oxygen atoms in total. The fourth-order valence-electron chi connectivity index (χ4n) is 1.63. The van der Waals surface area contributed by atoms with Crippen molar-refractivity contribution in [2.45, 2.75) is 39.7 Å². The van der Waals surface area contributed by atoms with Gasteiger partial charge in [-0.2, -0.15) is 0 Å². The van der Waals surface area contributed by atoms with Gasteiger partial charge in [-0.15, -0.1) is 0 Å². The molecule has 1 aromatic carbocycles. The molecule has 15 heavy (non-hydrogen) atoms. The second-order valence-corrected chi connectivity index (χ2v) is 3.98. The summed E-state index contributed by atoms with van der Waals surface area (Å²) in [5, 5.41) is 3.00. The Labute approximate surface area is 91.7 Å². The molecular formula is C13H19NO. The molecule has 1 N–H and O–H groups in total. The van der Waals surface area contributed by atoms with Crippen LogP contribution in [0.1, 0.15) is 42.6 Å². The predicted octanol–water partition coefficient (Wildman–Crippen LogP) is 2.91. The number of carbonyl (C=O) groups excluding carboxylic acids is 1. The third-order valence-electron chi connectivity index (χ3n) is 2.49. The minimum Gasteiger partial charge on any atom is -0.350 e. The average molecular weight is 205 g/mol. The summed E-state index contributed by atoms with van der Waals surface area (Å²) in [6.07, 6.45) is 2.12. The fraction of sp³-hybridized carbons (Fsp3) is 0.462. The van der Waals surface area contributed by atoms with E-state index in [0.29, 0.717) is 0 Å². The summed E-state index contributed by atoms with van der Waals surface area (Å²) in [7, 11) is 0. The first-order chi connectivity index (χ1) is 7.15. The largest absolute Gasteiger partial charge is 0.350 e. The van der Waals surface area contributed by atoms with Crippen LogP contribution in [0.3, 0.4) is 0 Å². The van der Waals surface area contributed by atoms with E-state index in [0.717, 1.165) is 24.0 Å². The van der Waals surface area contributed by atoms with Crippen LogP contribution in [0.2, 0.25) is 0 Å². The number of benzene rings is 1. The van der Waals surface area contributed by atoms with Crippen molar-refractivity contribution < 1.29 is 4.79 Å². The molecule has 1 amide bonds. The van der Waals surface area contributed by atoms with Crippen LogP contribution in [0.5, 0.6) is 0 Å². The molecule has 1 atom stereocenters. The zero-order chi connectivity index (χ0) is 11.3. The van der Waals surface area contributed by atoms with E-state index in [4.69, 9.17) is 0 Å². The van der Waals surface area contributed by atoms with Crippen LogP contribution >= 0.6 is 0 Å². The van der Waals surface area contributed by atoms with E-state index >= 15 is 0 Å². The lowest BCUT2D eigenvalue weighted by molar-refractivity contribution is 0.0937. The van der Waals surface area contributed by atoms with Crippen molar-refractivity contribution in [3.05, 3.63) is 35.4 Å². The van der Waals surface area contributed by atoms with Gasteiger partial charge in [-0.1, -0.05) is 31.5 Å². The van der Waals surface area contributed by atoms with E-state index in [1.807, 2.05) is 38.1 Å². The first-order valence-corrected chi connectivity index (χ1v) is 5.51. The standard InChI is InChI=1S/C13H19NO/c1-4-7-11(3)14-13(15)12-9-6-5-8-10(12)2/h5-6,8-9,11H,4,7H2,1-3H3,(H,14,15). The monoisotopic (exact) mass is 205 g/mol. The lowest BCUT2D eigenvalue weighted by Crippen LogP contribution is -2.32. The Kier molecular flexibility index (Phi) is 4.35. The van der Waals surface area contributed by atoms with Gasteiger partial charge >= 0.3 is 0 Å². The second kappa shape index (κ2) is 5.54. The molecule has 0 heterocycles. The number of aryl methyl sites for hydroxylation is 1. The Hall–Kier alpha value is -1.31. The molecule has 2 heteroatoms. The molecular weight excluding hydrogens is 186 g/mol. The SMILES string of the molecule is CCCC(C)NC(=O)c1ccccc1C. The van der Waals surface area contributed by atoms with E-state index in [2.05, 4.69) is 12.2 Å². The highest BCUT2D eigenvalue weighted by atomic mass is 16.1. The maximum Gasteiger partial charge on any atom is 0.251 e. The van der Waals surface area contributed by atoms with Gasteiger partial charge in [0.15, 0.2) is 0 Å². The summed E-state index contributed by atoms with van der Waals surface area (Å²) in [6, 6.07) is 7.92. The van der Waals surface area contributed by atoms with Gasteiger partial charge in [-0.05, 0) is 31.9 Å². The Morgan fingerprint density at radius 1 is 1.40 bits per heavy atom. The van der Waals surface area contributed by atoms with Crippen LogP contribution < -0.4 is 5.32 Å². The summed E-state index contributed by atoms with van der Waals surface area (Å²) < 4.78 is 0. The van der Waals surface area contributed by atoms with Crippen molar-refractivity contribution in [2.24, 2.45) is 0 Å². The minimum atomic E-state index is 0.0362. The molecule has 0 bridgehead atoms. The first-order valence-electron chi connectivity index (χ1n) is 5.51. The van der Waals surface area contributed by atoms with Crippen LogP contribution in [0, 0.1) is 6.92 Å². The normalized spacial score (nSPS) is 12.2. The summed E-state index contributed by atoms with van der Waals surface area (Å²) in [5.41, 5.74) is 1.80. The van der Waals surface area contributed by atoms with Crippen molar-refractivity contribution in [1.29, 1.82) is 0 Å². The van der Waals surface area contributed by atoms with Crippen molar-refractivity contribution in [2.75, 3.05) is 0 Å². The number of rotatable bonds is 4. The molecule has 1 unspecified atom stereocenters. The van der Waals surface area contributed by atoms with Crippen molar-refractivity contribution in [1.82, 2.24) is 5.32 Å². The van der Waals surface area contributed by atoms with Crippen LogP contribution in [-0.4, -0.2) is 11.9 Å². The summed E-state index contributed by atoms with van der Waals surface area (Å²) in [4.78, 5) is 11.8. The second-order valence-electron chi connectivity index (χ2n) is 3.98. The molecule has 0 aliphatic rings. The number of amides is 1. The van der Waals surface area contributed by atoms with E-state index in [9.17, 15) is 4.79 Å². The van der Waals surface area contributed by atoms with Crippen molar-refractivity contribution >= 4 is 5.91 Å². The van der Waals surface area contributed by atoms with Crippen molar-refractivity contribution in [3.63, 3.8) is 0 Å². The molecule has 1 aromatic rings. The van der Waals surface area contributed by atoms with Gasteiger partial charge in [0.25, 0.3) is 5.91 Å². The van der Waals surface area contributed by atoms with E-state index in [1.165, 1.54) is 0 Å². The number of hydrogen-bond acceptors (Lipinski definition) is 1. The molecule has 0 fully saturated rings. The highest BCUT2D eigenvalue weighted by molar-refractivity contribution is 5.95. The number of nitrogens with one attached hydrogen (secondary N) is 1. The average Bonchev–Trinajstić information content (AvgIpc) is 2.18. The zero-order valence-electron chi connectivity index (χ0n) is 9.71. The third kappa shape index (κ3) is 3.39. The molecule has 0 saturated heterocycles. The maximum atomic E-state index is 11.8. The molecule has 1 rings (SSSR count). The molecule has 0 aliphatic carbocycles. The van der Waals surface area contributed by atoms with Crippen LogP contribution in [-0.2, 0) is 0 Å². The molecule has 0 radical (unpaired) electrons. The van der Waals surface area contributed by atoms with Gasteiger partial charge in [-0.25, -0.2) is 0 Å². The van der Waals surface area contributed by atoms with Gasteiger partial charge in [0, 0.05) is 11.6 Å². The zero-order valence-corrected chi connectivity index (χ0v) is 9.71. The number of hydrogen-bond donors (Lipinski definition) is 1. The van der Waals surface area contributed by atoms with Crippen LogP contribution in [0.15, 0.2) is 24.3 Å². The van der Waals surface area contributed by atoms with Crippen LogP contribution in [0.25, 0.3) is 0 Å². The Balaban J connectivity index is 2.65. The molecule has 82 valence electrons. The Morgan fingerprint density at radius 3 is 2.67 bits per heavy atom. The lowest BCUT2D eigenvalue weighted by Gasteiger charge is -2.13. The lowest BCUT2D eigenvalue weighted by atomic mass is 10.1. The van der Waals surface area contributed by atoms with Crippen molar-refractivity contribution in [3.8, 4) is 0 Å². The van der Waals surface area contributed by atoms with E-state index in [1.54, 1.807) is 0 Å². The highest BCUT2D eigenvalue weighted by Crippen LogP contribution is 2.07. The quantitative estimate of drug-likeness (QED) is 0.804. The topological polar surface area (TPSA) is 29.1 Å². The van der Waals surface area contributed by atoms with Crippen LogP contribution in [0.4, 0.5) is 0 Å². The van der Waals surface area contributed by atoms with Gasteiger partial charge in [0.1, 0.15) is 0 Å². The van der Waals surface area contributed by atoms with Gasteiger partial charge < -0.3 is 5.32 Å². The smallest absolute Gasteiger partial charge is 0.251 e. The first kappa shape index (κ1) is 11.8.